The van der Waals surface area contributed by atoms with Crippen LogP contribution in [0.1, 0.15) is 46.9 Å². The molecule has 2 N–H and O–H groups in total. The number of anilines is 2. The first kappa shape index (κ1) is 30.5. The number of aryl methyl sites for hydroxylation is 2. The minimum absolute atomic E-state index is 0.0989. The Labute approximate surface area is 248 Å². The molecule has 2 aromatic carbocycles. The first-order valence-electron chi connectivity index (χ1n) is 13.4. The standard InChI is InChI=1S/C32H31N3O8/c1-6-42-31(39)21-7-9-22(10-8-21)34-29(37)28(36)33-17-25-12-11-24(43-25)16-26-27(32(40)41-5)20(4)35(30(26)38)23-14-18(2)13-19(3)15-23/h7-16H,6,17H2,1-5H3,(H,33,36)(H,34,37)/b26-16+. The lowest BCUT2D eigenvalue weighted by atomic mass is 10.1. The molecule has 0 spiro atoms. The lowest BCUT2D eigenvalue weighted by Crippen LogP contribution is -2.34. The summed E-state index contributed by atoms with van der Waals surface area (Å²) in [4.78, 5) is 64.2. The van der Waals surface area contributed by atoms with E-state index in [0.29, 0.717) is 28.4 Å². The second kappa shape index (κ2) is 13.0. The van der Waals surface area contributed by atoms with Crippen LogP contribution in [-0.2, 0) is 35.2 Å². The van der Waals surface area contributed by atoms with Crippen LogP contribution in [0.4, 0.5) is 11.4 Å². The first-order chi connectivity index (χ1) is 20.5. The fourth-order valence-corrected chi connectivity index (χ4v) is 4.62. The van der Waals surface area contributed by atoms with E-state index in [1.165, 1.54) is 42.4 Å². The van der Waals surface area contributed by atoms with Crippen molar-refractivity contribution in [2.75, 3.05) is 23.9 Å². The van der Waals surface area contributed by atoms with Crippen LogP contribution in [0.5, 0.6) is 0 Å². The van der Waals surface area contributed by atoms with Gasteiger partial charge in [0.1, 0.15) is 11.5 Å². The monoisotopic (exact) mass is 585 g/mol. The summed E-state index contributed by atoms with van der Waals surface area (Å²) in [5, 5.41) is 4.92. The minimum Gasteiger partial charge on any atom is -0.465 e. The third-order valence-corrected chi connectivity index (χ3v) is 6.51. The van der Waals surface area contributed by atoms with Crippen LogP contribution in [0.25, 0.3) is 6.08 Å². The van der Waals surface area contributed by atoms with Crippen molar-refractivity contribution in [2.45, 2.75) is 34.2 Å². The highest BCUT2D eigenvalue weighted by molar-refractivity contribution is 6.39. The molecule has 11 nitrogen and oxygen atoms in total. The summed E-state index contributed by atoms with van der Waals surface area (Å²) >= 11 is 0. The summed E-state index contributed by atoms with van der Waals surface area (Å²) < 4.78 is 15.6. The predicted molar refractivity (Wildman–Crippen MR) is 158 cm³/mol. The van der Waals surface area contributed by atoms with Gasteiger partial charge in [0.25, 0.3) is 5.91 Å². The van der Waals surface area contributed by atoms with Crippen LogP contribution >= 0.6 is 0 Å². The number of furan rings is 1. The number of allylic oxidation sites excluding steroid dienone is 1. The predicted octanol–water partition coefficient (Wildman–Crippen LogP) is 4.21. The van der Waals surface area contributed by atoms with E-state index in [-0.39, 0.29) is 30.1 Å². The number of methoxy groups -OCH3 is 1. The molecule has 1 aliphatic heterocycles. The number of carbonyl (C=O) groups is 5. The highest BCUT2D eigenvalue weighted by Gasteiger charge is 2.38. The van der Waals surface area contributed by atoms with Gasteiger partial charge in [-0.25, -0.2) is 9.59 Å². The van der Waals surface area contributed by atoms with Crippen molar-refractivity contribution in [1.29, 1.82) is 0 Å². The average molecular weight is 586 g/mol. The Morgan fingerprint density at radius 2 is 1.58 bits per heavy atom. The molecule has 2 heterocycles. The van der Waals surface area contributed by atoms with Gasteiger partial charge in [-0.2, -0.15) is 0 Å². The van der Waals surface area contributed by atoms with Crippen molar-refractivity contribution >= 4 is 47.1 Å². The lowest BCUT2D eigenvalue weighted by molar-refractivity contribution is -0.136. The molecule has 1 aliphatic rings. The number of nitrogens with one attached hydrogen (secondary N) is 2. The molecular weight excluding hydrogens is 554 g/mol. The van der Waals surface area contributed by atoms with Crippen molar-refractivity contribution < 1.29 is 37.9 Å². The number of hydrogen-bond donors (Lipinski definition) is 2. The van der Waals surface area contributed by atoms with Crippen molar-refractivity contribution in [1.82, 2.24) is 5.32 Å². The summed E-state index contributed by atoms with van der Waals surface area (Å²) in [6.07, 6.45) is 1.44. The number of hydrogen-bond acceptors (Lipinski definition) is 8. The Balaban J connectivity index is 1.44. The fraction of sp³-hybridized carbons (Fsp3) is 0.219. The SMILES string of the molecule is CCOC(=O)c1ccc(NC(=O)C(=O)NCc2ccc(/C=C3/C(=O)N(c4cc(C)cc(C)c4)C(C)=C3C(=O)OC)o2)cc1. The van der Waals surface area contributed by atoms with Crippen LogP contribution in [0, 0.1) is 13.8 Å². The van der Waals surface area contributed by atoms with Gasteiger partial charge in [-0.3, -0.25) is 19.3 Å². The molecule has 43 heavy (non-hydrogen) atoms. The number of carbonyl (C=O) groups excluding carboxylic acids is 5. The summed E-state index contributed by atoms with van der Waals surface area (Å²) in [7, 11) is 1.24. The smallest absolute Gasteiger partial charge is 0.340 e. The van der Waals surface area contributed by atoms with Gasteiger partial charge in [0.05, 0.1) is 37.0 Å². The number of amides is 3. The molecule has 4 rings (SSSR count). The van der Waals surface area contributed by atoms with Crippen LogP contribution in [0.15, 0.2) is 75.9 Å². The Bertz CT molecular complexity index is 1640. The zero-order chi connectivity index (χ0) is 31.3. The second-order valence-electron chi connectivity index (χ2n) is 9.74. The molecule has 11 heteroatoms. The van der Waals surface area contributed by atoms with Crippen molar-refractivity contribution in [3.8, 4) is 0 Å². The van der Waals surface area contributed by atoms with E-state index in [9.17, 15) is 24.0 Å². The zero-order valence-electron chi connectivity index (χ0n) is 24.4. The van der Waals surface area contributed by atoms with Gasteiger partial charge in [0.2, 0.25) is 0 Å². The molecule has 0 unspecified atom stereocenters. The number of nitrogens with zero attached hydrogens (tertiary/aromatic N) is 1. The fourth-order valence-electron chi connectivity index (χ4n) is 4.62. The number of benzene rings is 2. The molecular formula is C32H31N3O8. The molecule has 3 aromatic rings. The Morgan fingerprint density at radius 1 is 0.907 bits per heavy atom. The maximum atomic E-state index is 13.5. The topological polar surface area (TPSA) is 144 Å². The normalized spacial score (nSPS) is 13.7. The van der Waals surface area contributed by atoms with Gasteiger partial charge in [-0.15, -0.1) is 0 Å². The molecule has 0 radical (unpaired) electrons. The Hall–Kier alpha value is -5.45. The van der Waals surface area contributed by atoms with Crippen LogP contribution in [0.2, 0.25) is 0 Å². The molecule has 0 fully saturated rings. The quantitative estimate of drug-likeness (QED) is 0.227. The van der Waals surface area contributed by atoms with Gasteiger partial charge in [0.15, 0.2) is 0 Å². The van der Waals surface area contributed by atoms with E-state index in [0.717, 1.165) is 11.1 Å². The van der Waals surface area contributed by atoms with E-state index >= 15 is 0 Å². The van der Waals surface area contributed by atoms with E-state index in [1.807, 2.05) is 32.0 Å². The third-order valence-electron chi connectivity index (χ3n) is 6.51. The van der Waals surface area contributed by atoms with E-state index < -0.39 is 29.7 Å². The third kappa shape index (κ3) is 6.89. The van der Waals surface area contributed by atoms with Crippen LogP contribution in [0.3, 0.4) is 0 Å². The van der Waals surface area contributed by atoms with Crippen molar-refractivity contribution in [3.05, 3.63) is 99.7 Å². The van der Waals surface area contributed by atoms with Crippen molar-refractivity contribution in [2.24, 2.45) is 0 Å². The summed E-state index contributed by atoms with van der Waals surface area (Å²) in [5.74, 6) is -2.82. The van der Waals surface area contributed by atoms with Gasteiger partial charge < -0.3 is 24.5 Å². The maximum absolute atomic E-state index is 13.5. The Kier molecular flexibility index (Phi) is 9.24. The van der Waals surface area contributed by atoms with E-state index in [1.54, 1.807) is 26.0 Å². The van der Waals surface area contributed by atoms with E-state index in [2.05, 4.69) is 10.6 Å². The molecule has 1 aromatic heterocycles. The molecule has 0 bridgehead atoms. The molecule has 222 valence electrons. The highest BCUT2D eigenvalue weighted by Crippen LogP contribution is 2.36. The highest BCUT2D eigenvalue weighted by atomic mass is 16.5. The Morgan fingerprint density at radius 3 is 2.21 bits per heavy atom. The van der Waals surface area contributed by atoms with Crippen molar-refractivity contribution in [3.63, 3.8) is 0 Å². The lowest BCUT2D eigenvalue weighted by Gasteiger charge is -2.19. The molecule has 3 amide bonds. The minimum atomic E-state index is -0.913. The molecule has 0 saturated carbocycles. The molecule has 0 aliphatic carbocycles. The molecule has 0 saturated heterocycles. The average Bonchev–Trinajstić information content (AvgIpc) is 3.52. The van der Waals surface area contributed by atoms with Crippen LogP contribution < -0.4 is 15.5 Å². The first-order valence-corrected chi connectivity index (χ1v) is 13.4. The zero-order valence-corrected chi connectivity index (χ0v) is 24.4. The van der Waals surface area contributed by atoms with Gasteiger partial charge in [-0.1, -0.05) is 6.07 Å². The number of ether oxygens (including phenoxy) is 2. The van der Waals surface area contributed by atoms with E-state index in [4.69, 9.17) is 13.9 Å². The summed E-state index contributed by atoms with van der Waals surface area (Å²) in [6.45, 7) is 7.34. The van der Waals surface area contributed by atoms with Crippen LogP contribution in [-0.4, -0.2) is 43.4 Å². The maximum Gasteiger partial charge on any atom is 0.340 e. The summed E-state index contributed by atoms with van der Waals surface area (Å²) in [5.41, 5.74) is 3.83. The van der Waals surface area contributed by atoms with Gasteiger partial charge >= 0.3 is 23.8 Å². The largest absolute Gasteiger partial charge is 0.465 e. The second-order valence-corrected chi connectivity index (χ2v) is 9.74. The van der Waals surface area contributed by atoms with Gasteiger partial charge in [0, 0.05) is 17.1 Å². The summed E-state index contributed by atoms with van der Waals surface area (Å²) in [6, 6.07) is 14.8. The number of rotatable bonds is 8. The van der Waals surface area contributed by atoms with Gasteiger partial charge in [-0.05, 0) is 93.4 Å². The number of esters is 2. The molecule has 0 atom stereocenters.